The van der Waals surface area contributed by atoms with Crippen molar-refractivity contribution in [3.8, 4) is 11.1 Å². The molecule has 0 heterocycles. The van der Waals surface area contributed by atoms with E-state index in [0.29, 0.717) is 23.5 Å². The standard InChI is InChI=1S/C31H34FN3O3/c1-20(2)19-35(25-7-5-4-6-8-25)29-16-11-22(27-18-23(32)12-15-26(27)30(36)37)17-28(29)34-31(38)33-24-13-9-21(3)10-14-24/h9-18,25H,1,4-8,19H2,2-3H3,(H,36,37)(H2,33,34,38). The van der Waals surface area contributed by atoms with Gasteiger partial charge in [-0.2, -0.15) is 0 Å². The lowest BCUT2D eigenvalue weighted by atomic mass is 9.92. The normalized spacial score (nSPS) is 13.6. The van der Waals surface area contributed by atoms with Crippen LogP contribution in [-0.4, -0.2) is 29.7 Å². The number of amides is 2. The van der Waals surface area contributed by atoms with E-state index in [9.17, 15) is 19.1 Å². The van der Waals surface area contributed by atoms with Crippen molar-refractivity contribution in [2.24, 2.45) is 0 Å². The van der Waals surface area contributed by atoms with E-state index in [1.165, 1.54) is 18.6 Å². The molecule has 0 aliphatic heterocycles. The zero-order chi connectivity index (χ0) is 27.2. The zero-order valence-electron chi connectivity index (χ0n) is 21.9. The highest BCUT2D eigenvalue weighted by molar-refractivity contribution is 6.03. The molecule has 1 saturated carbocycles. The monoisotopic (exact) mass is 515 g/mol. The first-order valence-corrected chi connectivity index (χ1v) is 12.9. The van der Waals surface area contributed by atoms with Gasteiger partial charge in [-0.15, -0.1) is 0 Å². The first-order chi connectivity index (χ1) is 18.2. The van der Waals surface area contributed by atoms with E-state index in [4.69, 9.17) is 0 Å². The molecule has 3 aromatic rings. The van der Waals surface area contributed by atoms with Crippen molar-refractivity contribution in [3.05, 3.63) is 89.8 Å². The van der Waals surface area contributed by atoms with E-state index in [1.54, 1.807) is 12.1 Å². The fourth-order valence-corrected chi connectivity index (χ4v) is 5.01. The van der Waals surface area contributed by atoms with E-state index in [2.05, 4.69) is 22.1 Å². The van der Waals surface area contributed by atoms with Crippen LogP contribution in [0.3, 0.4) is 0 Å². The molecule has 38 heavy (non-hydrogen) atoms. The molecule has 0 radical (unpaired) electrons. The first-order valence-electron chi connectivity index (χ1n) is 12.9. The minimum absolute atomic E-state index is 0.0136. The Balaban J connectivity index is 1.77. The lowest BCUT2D eigenvalue weighted by Crippen LogP contribution is -2.38. The Bertz CT molecular complexity index is 1330. The number of benzene rings is 3. The second kappa shape index (κ2) is 11.9. The fourth-order valence-electron chi connectivity index (χ4n) is 5.01. The van der Waals surface area contributed by atoms with Crippen LogP contribution in [0.25, 0.3) is 11.1 Å². The Morgan fingerprint density at radius 3 is 2.37 bits per heavy atom. The highest BCUT2D eigenvalue weighted by Gasteiger charge is 2.25. The number of carboxylic acids is 1. The van der Waals surface area contributed by atoms with Crippen LogP contribution in [0.15, 0.2) is 72.8 Å². The molecule has 1 aliphatic rings. The van der Waals surface area contributed by atoms with Gasteiger partial charge in [-0.1, -0.05) is 55.2 Å². The molecule has 0 spiro atoms. The third-order valence-electron chi connectivity index (χ3n) is 6.84. The molecule has 1 aliphatic carbocycles. The van der Waals surface area contributed by atoms with Crippen molar-refractivity contribution >= 4 is 29.1 Å². The summed E-state index contributed by atoms with van der Waals surface area (Å²) in [7, 11) is 0. The number of nitrogens with zero attached hydrogens (tertiary/aromatic N) is 1. The maximum Gasteiger partial charge on any atom is 0.336 e. The molecule has 6 nitrogen and oxygen atoms in total. The number of halogens is 1. The van der Waals surface area contributed by atoms with Crippen molar-refractivity contribution < 1.29 is 19.1 Å². The Morgan fingerprint density at radius 1 is 1.00 bits per heavy atom. The molecule has 4 rings (SSSR count). The molecule has 3 aromatic carbocycles. The van der Waals surface area contributed by atoms with Crippen LogP contribution in [0.4, 0.5) is 26.2 Å². The largest absolute Gasteiger partial charge is 0.478 e. The summed E-state index contributed by atoms with van der Waals surface area (Å²) < 4.78 is 14.2. The van der Waals surface area contributed by atoms with Crippen LogP contribution in [-0.2, 0) is 0 Å². The lowest BCUT2D eigenvalue weighted by Gasteiger charge is -2.37. The fraction of sp³-hybridized carbons (Fsp3) is 0.290. The van der Waals surface area contributed by atoms with Gasteiger partial charge in [0, 0.05) is 18.3 Å². The van der Waals surface area contributed by atoms with Gasteiger partial charge in [0.15, 0.2) is 0 Å². The third-order valence-corrected chi connectivity index (χ3v) is 6.84. The number of rotatable bonds is 8. The first kappa shape index (κ1) is 26.9. The predicted octanol–water partition coefficient (Wildman–Crippen LogP) is 7.86. The zero-order valence-corrected chi connectivity index (χ0v) is 21.9. The summed E-state index contributed by atoms with van der Waals surface area (Å²) in [6.45, 7) is 8.70. The minimum atomic E-state index is -1.15. The average Bonchev–Trinajstić information content (AvgIpc) is 2.89. The molecule has 0 saturated heterocycles. The molecule has 0 unspecified atom stereocenters. The summed E-state index contributed by atoms with van der Waals surface area (Å²) >= 11 is 0. The number of urea groups is 1. The highest BCUT2D eigenvalue weighted by atomic mass is 19.1. The molecule has 0 atom stereocenters. The molecular weight excluding hydrogens is 481 g/mol. The molecule has 198 valence electrons. The number of hydrogen-bond acceptors (Lipinski definition) is 3. The Kier molecular flexibility index (Phi) is 8.46. The quantitative estimate of drug-likeness (QED) is 0.267. The molecule has 1 fully saturated rings. The van der Waals surface area contributed by atoms with Gasteiger partial charge in [-0.25, -0.2) is 14.0 Å². The second-order valence-corrected chi connectivity index (χ2v) is 10.0. The van der Waals surface area contributed by atoms with E-state index >= 15 is 0 Å². The van der Waals surface area contributed by atoms with Gasteiger partial charge in [-0.3, -0.25) is 0 Å². The Labute approximate surface area is 223 Å². The van der Waals surface area contributed by atoms with Crippen LogP contribution in [0, 0.1) is 12.7 Å². The number of nitrogens with one attached hydrogen (secondary N) is 2. The van der Waals surface area contributed by atoms with Crippen molar-refractivity contribution in [1.29, 1.82) is 0 Å². The van der Waals surface area contributed by atoms with Crippen molar-refractivity contribution in [2.75, 3.05) is 22.1 Å². The SMILES string of the molecule is C=C(C)CN(c1ccc(-c2cc(F)ccc2C(=O)O)cc1NC(=O)Nc1ccc(C)cc1)C1CCCCC1. The van der Waals surface area contributed by atoms with Crippen LogP contribution in [0.5, 0.6) is 0 Å². The highest BCUT2D eigenvalue weighted by Crippen LogP contribution is 2.37. The summed E-state index contributed by atoms with van der Waals surface area (Å²) in [5.41, 5.74) is 4.78. The van der Waals surface area contributed by atoms with E-state index in [1.807, 2.05) is 44.2 Å². The van der Waals surface area contributed by atoms with E-state index < -0.39 is 17.8 Å². The van der Waals surface area contributed by atoms with Gasteiger partial charge in [-0.05, 0) is 80.3 Å². The molecule has 3 N–H and O–H groups in total. The van der Waals surface area contributed by atoms with Gasteiger partial charge in [0.1, 0.15) is 5.82 Å². The molecule has 0 bridgehead atoms. The summed E-state index contributed by atoms with van der Waals surface area (Å²) in [5, 5.41) is 15.5. The van der Waals surface area contributed by atoms with Gasteiger partial charge in [0.05, 0.1) is 16.9 Å². The number of aromatic carboxylic acids is 1. The van der Waals surface area contributed by atoms with E-state index in [-0.39, 0.29) is 17.2 Å². The van der Waals surface area contributed by atoms with Crippen LogP contribution in [0.1, 0.15) is 54.9 Å². The lowest BCUT2D eigenvalue weighted by molar-refractivity contribution is 0.0697. The molecule has 7 heteroatoms. The molecule has 0 aromatic heterocycles. The molecular formula is C31H34FN3O3. The average molecular weight is 516 g/mol. The van der Waals surface area contributed by atoms with Crippen molar-refractivity contribution in [3.63, 3.8) is 0 Å². The smallest absolute Gasteiger partial charge is 0.336 e. The maximum atomic E-state index is 14.2. The summed E-state index contributed by atoms with van der Waals surface area (Å²) in [5.74, 6) is -1.69. The molecule has 2 amide bonds. The summed E-state index contributed by atoms with van der Waals surface area (Å²) in [6, 6.07) is 16.3. The van der Waals surface area contributed by atoms with Crippen LogP contribution in [0.2, 0.25) is 0 Å². The second-order valence-electron chi connectivity index (χ2n) is 10.0. The van der Waals surface area contributed by atoms with Gasteiger partial charge in [0.25, 0.3) is 0 Å². The Morgan fingerprint density at radius 2 is 1.71 bits per heavy atom. The van der Waals surface area contributed by atoms with Crippen LogP contribution < -0.4 is 15.5 Å². The van der Waals surface area contributed by atoms with Crippen molar-refractivity contribution in [1.82, 2.24) is 0 Å². The number of carbonyl (C=O) groups is 2. The van der Waals surface area contributed by atoms with Crippen LogP contribution >= 0.6 is 0 Å². The minimum Gasteiger partial charge on any atom is -0.478 e. The van der Waals surface area contributed by atoms with Gasteiger partial charge >= 0.3 is 12.0 Å². The number of aryl methyl sites for hydroxylation is 1. The third kappa shape index (κ3) is 6.59. The number of carboxylic acid groups (broad SMARTS) is 1. The topological polar surface area (TPSA) is 81.7 Å². The summed E-state index contributed by atoms with van der Waals surface area (Å²) in [6.07, 6.45) is 5.56. The number of hydrogen-bond donors (Lipinski definition) is 3. The number of anilines is 3. The van der Waals surface area contributed by atoms with Crippen molar-refractivity contribution in [2.45, 2.75) is 52.0 Å². The Hall–Kier alpha value is -4.13. The van der Waals surface area contributed by atoms with Gasteiger partial charge < -0.3 is 20.6 Å². The summed E-state index contributed by atoms with van der Waals surface area (Å²) in [4.78, 5) is 27.3. The predicted molar refractivity (Wildman–Crippen MR) is 152 cm³/mol. The maximum absolute atomic E-state index is 14.2. The van der Waals surface area contributed by atoms with E-state index in [0.717, 1.165) is 48.6 Å². The number of carbonyl (C=O) groups excluding carboxylic acids is 1. The van der Waals surface area contributed by atoms with Gasteiger partial charge in [0.2, 0.25) is 0 Å².